The van der Waals surface area contributed by atoms with Gasteiger partial charge in [-0.2, -0.15) is 0 Å². The number of thiazole rings is 1. The number of aromatic nitrogens is 1. The maximum atomic E-state index is 10.3. The molecule has 0 saturated carbocycles. The minimum absolute atomic E-state index is 0.546. The molecule has 80 valence electrons. The van der Waals surface area contributed by atoms with Gasteiger partial charge in [-0.1, -0.05) is 30.3 Å². The molecule has 0 amide bonds. The van der Waals surface area contributed by atoms with Gasteiger partial charge in [0.1, 0.15) is 6.29 Å². The third-order valence-electron chi connectivity index (χ3n) is 2.11. The number of rotatable bonds is 3. The largest absolute Gasteiger partial charge is 0.375 e. The molecule has 1 aromatic heterocycles. The summed E-state index contributed by atoms with van der Waals surface area (Å²) >= 11 is 1.40. The van der Waals surface area contributed by atoms with Crippen LogP contribution in [-0.2, 0) is 4.79 Å². The number of hydrogen-bond donors (Lipinski definition) is 1. The third-order valence-corrected chi connectivity index (χ3v) is 2.79. The van der Waals surface area contributed by atoms with Crippen molar-refractivity contribution in [1.82, 2.24) is 4.98 Å². The molecule has 0 spiro atoms. The van der Waals surface area contributed by atoms with Gasteiger partial charge in [0.25, 0.3) is 0 Å². The lowest BCUT2D eigenvalue weighted by Crippen LogP contribution is -1.85. The van der Waals surface area contributed by atoms with E-state index in [1.54, 1.807) is 6.08 Å². The van der Waals surface area contributed by atoms with Gasteiger partial charge in [0.15, 0.2) is 5.13 Å². The van der Waals surface area contributed by atoms with Gasteiger partial charge in [-0.05, 0) is 11.6 Å². The standard InChI is InChI=1S/C12H10N2OS/c13-12-14-11(8-16-12)10-6-2-1-4-9(10)5-3-7-15/h1-8H,(H2,13,14)/b5-3+. The zero-order chi connectivity index (χ0) is 11.4. The Kier molecular flexibility index (Phi) is 3.12. The quantitative estimate of drug-likeness (QED) is 0.651. The van der Waals surface area contributed by atoms with Crippen LogP contribution in [0.25, 0.3) is 17.3 Å². The predicted octanol–water partition coefficient (Wildman–Crippen LogP) is 2.60. The van der Waals surface area contributed by atoms with E-state index in [1.807, 2.05) is 29.6 Å². The number of nitrogen functional groups attached to an aromatic ring is 1. The molecule has 4 heteroatoms. The van der Waals surface area contributed by atoms with E-state index in [0.717, 1.165) is 23.1 Å². The number of allylic oxidation sites excluding steroid dienone is 1. The van der Waals surface area contributed by atoms with Gasteiger partial charge in [0.2, 0.25) is 0 Å². The van der Waals surface area contributed by atoms with Crippen molar-refractivity contribution >= 4 is 28.8 Å². The highest BCUT2D eigenvalue weighted by molar-refractivity contribution is 7.13. The molecule has 0 aliphatic rings. The number of carbonyl (C=O) groups excluding carboxylic acids is 1. The second-order valence-electron chi connectivity index (χ2n) is 3.15. The van der Waals surface area contributed by atoms with Crippen molar-refractivity contribution < 1.29 is 4.79 Å². The van der Waals surface area contributed by atoms with E-state index in [4.69, 9.17) is 5.73 Å². The van der Waals surface area contributed by atoms with Crippen molar-refractivity contribution in [3.63, 3.8) is 0 Å². The Morgan fingerprint density at radius 2 is 2.12 bits per heavy atom. The Morgan fingerprint density at radius 1 is 1.31 bits per heavy atom. The van der Waals surface area contributed by atoms with E-state index in [-0.39, 0.29) is 0 Å². The summed E-state index contributed by atoms with van der Waals surface area (Å²) in [6.45, 7) is 0. The number of aldehydes is 1. The molecule has 2 rings (SSSR count). The van der Waals surface area contributed by atoms with Gasteiger partial charge >= 0.3 is 0 Å². The van der Waals surface area contributed by atoms with Gasteiger partial charge in [0.05, 0.1) is 5.69 Å². The van der Waals surface area contributed by atoms with Crippen molar-refractivity contribution in [1.29, 1.82) is 0 Å². The lowest BCUT2D eigenvalue weighted by Gasteiger charge is -2.01. The molecule has 0 fully saturated rings. The predicted molar refractivity (Wildman–Crippen MR) is 67.1 cm³/mol. The minimum atomic E-state index is 0.546. The topological polar surface area (TPSA) is 56.0 Å². The van der Waals surface area contributed by atoms with Crippen molar-refractivity contribution in [2.45, 2.75) is 0 Å². The van der Waals surface area contributed by atoms with E-state index in [1.165, 1.54) is 17.4 Å². The minimum Gasteiger partial charge on any atom is -0.375 e. The van der Waals surface area contributed by atoms with E-state index in [2.05, 4.69) is 4.98 Å². The number of anilines is 1. The van der Waals surface area contributed by atoms with Crippen LogP contribution < -0.4 is 5.73 Å². The number of carbonyl (C=O) groups is 1. The van der Waals surface area contributed by atoms with Crippen LogP contribution in [0, 0.1) is 0 Å². The molecule has 1 heterocycles. The van der Waals surface area contributed by atoms with Gasteiger partial charge in [0, 0.05) is 10.9 Å². The molecule has 0 bridgehead atoms. The average Bonchev–Trinajstić information content (AvgIpc) is 2.73. The van der Waals surface area contributed by atoms with E-state index in [0.29, 0.717) is 5.13 Å². The number of benzene rings is 1. The van der Waals surface area contributed by atoms with Crippen LogP contribution in [0.1, 0.15) is 5.56 Å². The Morgan fingerprint density at radius 3 is 2.81 bits per heavy atom. The Labute approximate surface area is 97.3 Å². The Balaban J connectivity index is 2.47. The summed E-state index contributed by atoms with van der Waals surface area (Å²) in [5, 5.41) is 2.45. The molecule has 0 aliphatic heterocycles. The first-order valence-corrected chi connectivity index (χ1v) is 5.61. The molecule has 0 aliphatic carbocycles. The summed E-state index contributed by atoms with van der Waals surface area (Å²) in [5.41, 5.74) is 8.38. The van der Waals surface area contributed by atoms with Gasteiger partial charge in [-0.15, -0.1) is 11.3 Å². The molecular formula is C12H10N2OS. The van der Waals surface area contributed by atoms with E-state index >= 15 is 0 Å². The molecule has 0 radical (unpaired) electrons. The average molecular weight is 230 g/mol. The van der Waals surface area contributed by atoms with Crippen molar-refractivity contribution in [2.24, 2.45) is 0 Å². The second-order valence-corrected chi connectivity index (χ2v) is 4.04. The molecule has 2 N–H and O–H groups in total. The molecule has 0 saturated heterocycles. The fourth-order valence-electron chi connectivity index (χ4n) is 1.43. The first-order valence-electron chi connectivity index (χ1n) is 4.73. The Hall–Kier alpha value is -1.94. The smallest absolute Gasteiger partial charge is 0.180 e. The lowest BCUT2D eigenvalue weighted by molar-refractivity contribution is -0.104. The SMILES string of the molecule is Nc1nc(-c2ccccc2/C=C/C=O)cs1. The summed E-state index contributed by atoms with van der Waals surface area (Å²) in [6, 6.07) is 7.75. The fourth-order valence-corrected chi connectivity index (χ4v) is 1.99. The van der Waals surface area contributed by atoms with Crippen LogP contribution in [0.5, 0.6) is 0 Å². The van der Waals surface area contributed by atoms with Gasteiger partial charge in [-0.3, -0.25) is 4.79 Å². The highest BCUT2D eigenvalue weighted by Gasteiger charge is 2.05. The molecule has 16 heavy (non-hydrogen) atoms. The highest BCUT2D eigenvalue weighted by atomic mass is 32.1. The van der Waals surface area contributed by atoms with Crippen LogP contribution >= 0.6 is 11.3 Å². The van der Waals surface area contributed by atoms with Crippen LogP contribution in [0.2, 0.25) is 0 Å². The monoisotopic (exact) mass is 230 g/mol. The van der Waals surface area contributed by atoms with Crippen molar-refractivity contribution in [2.75, 3.05) is 5.73 Å². The summed E-state index contributed by atoms with van der Waals surface area (Å²) < 4.78 is 0. The molecular weight excluding hydrogens is 220 g/mol. The lowest BCUT2D eigenvalue weighted by atomic mass is 10.1. The van der Waals surface area contributed by atoms with Crippen LogP contribution in [-0.4, -0.2) is 11.3 Å². The van der Waals surface area contributed by atoms with Crippen LogP contribution in [0.15, 0.2) is 35.7 Å². The summed E-state index contributed by atoms with van der Waals surface area (Å²) in [6.07, 6.45) is 3.98. The van der Waals surface area contributed by atoms with Crippen molar-refractivity contribution in [3.05, 3.63) is 41.3 Å². The number of hydrogen-bond acceptors (Lipinski definition) is 4. The maximum absolute atomic E-state index is 10.3. The molecule has 0 atom stereocenters. The summed E-state index contributed by atoms with van der Waals surface area (Å²) in [5.74, 6) is 0. The van der Waals surface area contributed by atoms with E-state index < -0.39 is 0 Å². The third kappa shape index (κ3) is 2.17. The molecule has 3 nitrogen and oxygen atoms in total. The first kappa shape index (κ1) is 10.6. The zero-order valence-corrected chi connectivity index (χ0v) is 9.28. The molecule has 2 aromatic rings. The number of nitrogens with two attached hydrogens (primary N) is 1. The van der Waals surface area contributed by atoms with Gasteiger partial charge < -0.3 is 5.73 Å². The molecule has 0 unspecified atom stereocenters. The van der Waals surface area contributed by atoms with E-state index in [9.17, 15) is 4.79 Å². The fraction of sp³-hybridized carbons (Fsp3) is 0. The summed E-state index contributed by atoms with van der Waals surface area (Å²) in [4.78, 5) is 14.5. The number of nitrogens with zero attached hydrogens (tertiary/aromatic N) is 1. The second kappa shape index (κ2) is 4.72. The Bertz CT molecular complexity index is 531. The molecule has 1 aromatic carbocycles. The summed E-state index contributed by atoms with van der Waals surface area (Å²) in [7, 11) is 0. The maximum Gasteiger partial charge on any atom is 0.180 e. The normalized spacial score (nSPS) is 10.8. The highest BCUT2D eigenvalue weighted by Crippen LogP contribution is 2.26. The van der Waals surface area contributed by atoms with Crippen LogP contribution in [0.3, 0.4) is 0 Å². The van der Waals surface area contributed by atoms with Crippen LogP contribution in [0.4, 0.5) is 5.13 Å². The van der Waals surface area contributed by atoms with Gasteiger partial charge in [-0.25, -0.2) is 4.98 Å². The first-order chi connectivity index (χ1) is 7.81. The zero-order valence-electron chi connectivity index (χ0n) is 8.46. The van der Waals surface area contributed by atoms with Crippen molar-refractivity contribution in [3.8, 4) is 11.3 Å².